The van der Waals surface area contributed by atoms with Gasteiger partial charge in [-0.1, -0.05) is 13.8 Å². The summed E-state index contributed by atoms with van der Waals surface area (Å²) in [6.07, 6.45) is -3.14. The van der Waals surface area contributed by atoms with Gasteiger partial charge in [-0.2, -0.15) is 13.2 Å². The zero-order chi connectivity index (χ0) is 16.2. The second-order valence-corrected chi connectivity index (χ2v) is 5.13. The van der Waals surface area contributed by atoms with Gasteiger partial charge in [-0.25, -0.2) is 4.79 Å². The molecule has 0 bridgehead atoms. The maximum Gasteiger partial charge on any atom is 0.406 e. The van der Waals surface area contributed by atoms with Crippen LogP contribution in [0.1, 0.15) is 30.8 Å². The number of hydrogen-bond acceptors (Lipinski definition) is 2. The number of carbonyl (C=O) groups is 2. The number of carboxylic acid groups (broad SMARTS) is 1. The number of alkyl halides is 3. The summed E-state index contributed by atoms with van der Waals surface area (Å²) in [7, 11) is 0. The molecule has 0 aromatic carbocycles. The van der Waals surface area contributed by atoms with Gasteiger partial charge in [0.1, 0.15) is 18.3 Å². The number of carboxylic acids is 1. The van der Waals surface area contributed by atoms with Gasteiger partial charge in [0.15, 0.2) is 0 Å². The Labute approximate surface area is 119 Å². The molecule has 118 valence electrons. The van der Waals surface area contributed by atoms with Gasteiger partial charge in [-0.15, -0.1) is 0 Å². The molecule has 0 aliphatic rings. The van der Waals surface area contributed by atoms with Crippen molar-refractivity contribution in [1.29, 1.82) is 0 Å². The number of nitrogens with zero attached hydrogens (tertiary/aromatic N) is 1. The molecule has 1 atom stereocenters. The molecule has 1 heterocycles. The topological polar surface area (TPSA) is 71.3 Å². The molecular formula is C13H17F3N2O3. The number of rotatable bonds is 6. The summed E-state index contributed by atoms with van der Waals surface area (Å²) >= 11 is 0. The van der Waals surface area contributed by atoms with Crippen LogP contribution in [0.5, 0.6) is 0 Å². The van der Waals surface area contributed by atoms with Crippen molar-refractivity contribution < 1.29 is 27.9 Å². The van der Waals surface area contributed by atoms with Gasteiger partial charge in [0.25, 0.3) is 5.91 Å². The van der Waals surface area contributed by atoms with E-state index in [1.807, 2.05) is 0 Å². The highest BCUT2D eigenvalue weighted by atomic mass is 19.4. The number of halogens is 3. The van der Waals surface area contributed by atoms with Gasteiger partial charge >= 0.3 is 12.1 Å². The Bertz CT molecular complexity index is 509. The molecule has 0 saturated heterocycles. The smallest absolute Gasteiger partial charge is 0.406 e. The zero-order valence-corrected chi connectivity index (χ0v) is 11.6. The van der Waals surface area contributed by atoms with E-state index in [2.05, 4.69) is 5.32 Å². The summed E-state index contributed by atoms with van der Waals surface area (Å²) in [6.45, 7) is 2.27. The molecule has 1 aromatic rings. The molecule has 8 heteroatoms. The first-order chi connectivity index (χ1) is 9.60. The van der Waals surface area contributed by atoms with Crippen LogP contribution in [-0.2, 0) is 11.3 Å². The fourth-order valence-corrected chi connectivity index (χ4v) is 1.88. The molecule has 0 radical (unpaired) electrons. The van der Waals surface area contributed by atoms with Crippen molar-refractivity contribution >= 4 is 11.9 Å². The van der Waals surface area contributed by atoms with Crippen LogP contribution >= 0.6 is 0 Å². The third kappa shape index (κ3) is 5.49. The van der Waals surface area contributed by atoms with Crippen molar-refractivity contribution in [3.63, 3.8) is 0 Å². The summed E-state index contributed by atoms with van der Waals surface area (Å²) < 4.78 is 37.9. The van der Waals surface area contributed by atoms with Crippen molar-refractivity contribution in [2.24, 2.45) is 5.92 Å². The Kier molecular flexibility index (Phi) is 5.40. The van der Waals surface area contributed by atoms with Crippen molar-refractivity contribution in [2.75, 3.05) is 0 Å². The number of aromatic nitrogens is 1. The highest BCUT2D eigenvalue weighted by Gasteiger charge is 2.30. The van der Waals surface area contributed by atoms with Crippen molar-refractivity contribution in [3.05, 3.63) is 24.0 Å². The Morgan fingerprint density at radius 1 is 1.38 bits per heavy atom. The van der Waals surface area contributed by atoms with Crippen LogP contribution in [0.4, 0.5) is 13.2 Å². The zero-order valence-electron chi connectivity index (χ0n) is 11.6. The first kappa shape index (κ1) is 17.1. The average Bonchev–Trinajstić information content (AvgIpc) is 2.72. The third-order valence-corrected chi connectivity index (χ3v) is 2.72. The van der Waals surface area contributed by atoms with Crippen LogP contribution in [0.25, 0.3) is 0 Å². The minimum Gasteiger partial charge on any atom is -0.480 e. The molecule has 1 aromatic heterocycles. The molecule has 0 aliphatic heterocycles. The monoisotopic (exact) mass is 306 g/mol. The standard InChI is InChI=1S/C13H17F3N2O3/c1-8(2)6-9(12(20)21)17-11(19)10-4-3-5-18(10)7-13(14,15)16/h3-5,8-9H,6-7H2,1-2H3,(H,17,19)(H,20,21). The van der Waals surface area contributed by atoms with Gasteiger partial charge in [0.2, 0.25) is 0 Å². The lowest BCUT2D eigenvalue weighted by atomic mass is 10.0. The second kappa shape index (κ2) is 6.64. The lowest BCUT2D eigenvalue weighted by Gasteiger charge is -2.17. The molecule has 0 saturated carbocycles. The SMILES string of the molecule is CC(C)CC(NC(=O)c1cccn1CC(F)(F)F)C(=O)O. The molecule has 0 fully saturated rings. The van der Waals surface area contributed by atoms with Crippen LogP contribution in [0.15, 0.2) is 18.3 Å². The molecular weight excluding hydrogens is 289 g/mol. The highest BCUT2D eigenvalue weighted by Crippen LogP contribution is 2.19. The average molecular weight is 306 g/mol. The van der Waals surface area contributed by atoms with Crippen molar-refractivity contribution in [1.82, 2.24) is 9.88 Å². The number of nitrogens with one attached hydrogen (secondary N) is 1. The normalized spacial score (nSPS) is 13.2. The highest BCUT2D eigenvalue weighted by molar-refractivity contribution is 5.95. The third-order valence-electron chi connectivity index (χ3n) is 2.72. The van der Waals surface area contributed by atoms with Crippen LogP contribution in [0.3, 0.4) is 0 Å². The lowest BCUT2D eigenvalue weighted by molar-refractivity contribution is -0.141. The van der Waals surface area contributed by atoms with Gasteiger partial charge in [-0.05, 0) is 24.5 Å². The van der Waals surface area contributed by atoms with Crippen molar-refractivity contribution in [2.45, 2.75) is 39.0 Å². The Morgan fingerprint density at radius 3 is 2.48 bits per heavy atom. The van der Waals surface area contributed by atoms with E-state index in [1.54, 1.807) is 13.8 Å². The quantitative estimate of drug-likeness (QED) is 0.847. The molecule has 0 aliphatic carbocycles. The van der Waals surface area contributed by atoms with Crippen molar-refractivity contribution in [3.8, 4) is 0 Å². The largest absolute Gasteiger partial charge is 0.480 e. The fourth-order valence-electron chi connectivity index (χ4n) is 1.88. The summed E-state index contributed by atoms with van der Waals surface area (Å²) in [6, 6.07) is 1.39. The van der Waals surface area contributed by atoms with E-state index in [1.165, 1.54) is 12.1 Å². The molecule has 1 rings (SSSR count). The lowest BCUT2D eigenvalue weighted by Crippen LogP contribution is -2.42. The Morgan fingerprint density at radius 2 is 2.00 bits per heavy atom. The number of aliphatic carboxylic acids is 1. The summed E-state index contributed by atoms with van der Waals surface area (Å²) in [5, 5.41) is 11.3. The van der Waals surface area contributed by atoms with Crippen LogP contribution in [0, 0.1) is 5.92 Å². The first-order valence-corrected chi connectivity index (χ1v) is 6.35. The summed E-state index contributed by atoms with van der Waals surface area (Å²) in [5.74, 6) is -2.03. The van der Waals surface area contributed by atoms with Gasteiger partial charge < -0.3 is 15.0 Å². The predicted molar refractivity (Wildman–Crippen MR) is 68.8 cm³/mol. The van der Waals surface area contributed by atoms with E-state index in [-0.39, 0.29) is 18.0 Å². The maximum absolute atomic E-state index is 12.4. The Balaban J connectivity index is 2.84. The molecule has 0 spiro atoms. The predicted octanol–water partition coefficient (Wildman–Crippen LogP) is 2.28. The fraction of sp³-hybridized carbons (Fsp3) is 0.538. The van der Waals surface area contributed by atoms with Gasteiger partial charge in [0.05, 0.1) is 0 Å². The molecule has 5 nitrogen and oxygen atoms in total. The van der Waals surface area contributed by atoms with Gasteiger partial charge in [-0.3, -0.25) is 4.79 Å². The minimum atomic E-state index is -4.46. The summed E-state index contributed by atoms with van der Waals surface area (Å²) in [5.41, 5.74) is -0.220. The first-order valence-electron chi connectivity index (χ1n) is 6.35. The molecule has 2 N–H and O–H groups in total. The van der Waals surface area contributed by atoms with E-state index >= 15 is 0 Å². The van der Waals surface area contributed by atoms with E-state index < -0.39 is 30.6 Å². The van der Waals surface area contributed by atoms with Crippen LogP contribution in [-0.4, -0.2) is 33.8 Å². The minimum absolute atomic E-state index is 0.0216. The maximum atomic E-state index is 12.4. The van der Waals surface area contributed by atoms with E-state index in [0.717, 1.165) is 10.8 Å². The number of carbonyl (C=O) groups excluding carboxylic acids is 1. The number of amides is 1. The van der Waals surface area contributed by atoms with Crippen LogP contribution < -0.4 is 5.32 Å². The van der Waals surface area contributed by atoms with Gasteiger partial charge in [0, 0.05) is 6.20 Å². The molecule has 1 unspecified atom stereocenters. The molecule has 21 heavy (non-hydrogen) atoms. The van der Waals surface area contributed by atoms with Crippen LogP contribution in [0.2, 0.25) is 0 Å². The van der Waals surface area contributed by atoms with E-state index in [9.17, 15) is 22.8 Å². The number of hydrogen-bond donors (Lipinski definition) is 2. The second-order valence-electron chi connectivity index (χ2n) is 5.13. The summed E-state index contributed by atoms with van der Waals surface area (Å²) in [4.78, 5) is 23.0. The Hall–Kier alpha value is -1.99. The molecule has 1 amide bonds. The van der Waals surface area contributed by atoms with E-state index in [4.69, 9.17) is 5.11 Å². The van der Waals surface area contributed by atoms with E-state index in [0.29, 0.717) is 0 Å².